The molecular weight excluding hydrogens is 442 g/mol. The summed E-state index contributed by atoms with van der Waals surface area (Å²) in [5.41, 5.74) is 4.45. The quantitative estimate of drug-likeness (QED) is 0.188. The van der Waals surface area contributed by atoms with Crippen LogP contribution in [-0.2, 0) is 0 Å². The Kier molecular flexibility index (Phi) is 24.2. The third-order valence-electron chi connectivity index (χ3n) is 5.38. The minimum atomic E-state index is 0.181. The minimum Gasteiger partial charge on any atom is -0.508 e. The Hall–Kier alpha value is -3.17. The van der Waals surface area contributed by atoms with Crippen LogP contribution >= 0.6 is 0 Å². The van der Waals surface area contributed by atoms with Gasteiger partial charge in [-0.25, -0.2) is 0 Å². The molecule has 0 aromatic heterocycles. The summed E-state index contributed by atoms with van der Waals surface area (Å²) in [5, 5.41) is 11.9. The lowest BCUT2D eigenvalue weighted by molar-refractivity contribution is 0.112. The van der Waals surface area contributed by atoms with Gasteiger partial charge in [-0.15, -0.1) is 13.2 Å². The Bertz CT molecular complexity index is 854. The van der Waals surface area contributed by atoms with Crippen molar-refractivity contribution in [2.75, 3.05) is 13.6 Å². The van der Waals surface area contributed by atoms with E-state index in [4.69, 9.17) is 5.11 Å². The van der Waals surface area contributed by atoms with E-state index in [0.717, 1.165) is 12.2 Å². The summed E-state index contributed by atoms with van der Waals surface area (Å²) in [5.74, 6) is 1.15. The predicted molar refractivity (Wildman–Crippen MR) is 160 cm³/mol. The summed E-state index contributed by atoms with van der Waals surface area (Å²) in [4.78, 5) is 10.0. The van der Waals surface area contributed by atoms with Crippen LogP contribution in [0.4, 0.5) is 0 Å². The third kappa shape index (κ3) is 17.3. The molecule has 0 radical (unpaired) electrons. The smallest absolute Gasteiger partial charge is 0.150 e. The standard InChI is InChI=1S/C13H12.C9H21N.C7H6O2.C2H6.C2H4/c1-11-7-9-13(10-8-11)12-5-3-2-4-6-12;1-4-9(5-2)7-6-8-10-3;8-5-6-1-3-7(9)4-2-6;2*1-2/h2-10H,1H3;9-10H,4-8H2,1-3H3;1-5,9H;1-2H3;1-2H2. The van der Waals surface area contributed by atoms with E-state index in [0.29, 0.717) is 5.56 Å². The van der Waals surface area contributed by atoms with Crippen molar-refractivity contribution in [3.8, 4) is 16.9 Å². The number of aldehydes is 1. The molecule has 3 rings (SSSR count). The molecular formula is C33H49NO2. The molecule has 0 aliphatic rings. The van der Waals surface area contributed by atoms with Gasteiger partial charge in [0.2, 0.25) is 0 Å². The topological polar surface area (TPSA) is 49.3 Å². The molecule has 0 amide bonds. The molecule has 0 heterocycles. The lowest BCUT2D eigenvalue weighted by Crippen LogP contribution is -2.09. The number of hydrogen-bond donors (Lipinski definition) is 2. The highest BCUT2D eigenvalue weighted by atomic mass is 16.3. The van der Waals surface area contributed by atoms with E-state index in [2.05, 4.69) is 87.8 Å². The molecule has 198 valence electrons. The van der Waals surface area contributed by atoms with Crippen LogP contribution in [-0.4, -0.2) is 25.0 Å². The second-order valence-electron chi connectivity index (χ2n) is 7.87. The molecule has 0 unspecified atom stereocenters. The van der Waals surface area contributed by atoms with Crippen molar-refractivity contribution in [2.24, 2.45) is 5.92 Å². The predicted octanol–water partition coefficient (Wildman–Crippen LogP) is 9.12. The lowest BCUT2D eigenvalue weighted by atomic mass is 9.98. The van der Waals surface area contributed by atoms with Crippen molar-refractivity contribution in [3.63, 3.8) is 0 Å². The molecule has 3 heteroatoms. The zero-order valence-electron chi connectivity index (χ0n) is 23.5. The van der Waals surface area contributed by atoms with Crippen molar-refractivity contribution in [3.05, 3.63) is 103 Å². The molecule has 0 saturated heterocycles. The van der Waals surface area contributed by atoms with E-state index in [1.807, 2.05) is 27.0 Å². The highest BCUT2D eigenvalue weighted by molar-refractivity contribution is 5.74. The Balaban J connectivity index is 0. The van der Waals surface area contributed by atoms with Crippen LogP contribution in [0.5, 0.6) is 5.75 Å². The van der Waals surface area contributed by atoms with Gasteiger partial charge < -0.3 is 10.4 Å². The molecule has 0 aliphatic heterocycles. The normalized spacial score (nSPS) is 9.08. The van der Waals surface area contributed by atoms with Crippen LogP contribution in [0.1, 0.15) is 69.3 Å². The molecule has 3 nitrogen and oxygen atoms in total. The fourth-order valence-corrected chi connectivity index (χ4v) is 3.19. The van der Waals surface area contributed by atoms with Crippen molar-refractivity contribution < 1.29 is 9.90 Å². The highest BCUT2D eigenvalue weighted by Crippen LogP contribution is 2.18. The molecule has 0 bridgehead atoms. The third-order valence-corrected chi connectivity index (χ3v) is 5.38. The van der Waals surface area contributed by atoms with Crippen molar-refractivity contribution in [1.29, 1.82) is 0 Å². The number of hydrogen-bond acceptors (Lipinski definition) is 3. The van der Waals surface area contributed by atoms with Crippen LogP contribution in [0.15, 0.2) is 92.0 Å². The van der Waals surface area contributed by atoms with Crippen molar-refractivity contribution in [1.82, 2.24) is 5.32 Å². The Labute approximate surface area is 221 Å². The van der Waals surface area contributed by atoms with Crippen LogP contribution < -0.4 is 5.32 Å². The number of phenols is 1. The van der Waals surface area contributed by atoms with Gasteiger partial charge in [-0.3, -0.25) is 4.79 Å². The van der Waals surface area contributed by atoms with Gasteiger partial charge in [0.1, 0.15) is 12.0 Å². The summed E-state index contributed by atoms with van der Waals surface area (Å²) in [6.07, 6.45) is 6.16. The molecule has 3 aromatic rings. The number of nitrogens with one attached hydrogen (secondary N) is 1. The second kappa shape index (κ2) is 24.9. The summed E-state index contributed by atoms with van der Waals surface area (Å²) in [6, 6.07) is 25.1. The average Bonchev–Trinajstić information content (AvgIpc) is 2.95. The molecule has 3 aromatic carbocycles. The first-order valence-corrected chi connectivity index (χ1v) is 13.0. The van der Waals surface area contributed by atoms with Crippen LogP contribution in [0.2, 0.25) is 0 Å². The number of benzene rings is 3. The van der Waals surface area contributed by atoms with Gasteiger partial charge in [-0.05, 0) is 74.7 Å². The Morgan fingerprint density at radius 3 is 1.78 bits per heavy atom. The summed E-state index contributed by atoms with van der Waals surface area (Å²) in [6.45, 7) is 17.9. The maximum Gasteiger partial charge on any atom is 0.150 e. The van der Waals surface area contributed by atoms with E-state index < -0.39 is 0 Å². The van der Waals surface area contributed by atoms with Crippen LogP contribution in [0.25, 0.3) is 11.1 Å². The first kappa shape index (κ1) is 35.0. The summed E-state index contributed by atoms with van der Waals surface area (Å²) >= 11 is 0. The van der Waals surface area contributed by atoms with Gasteiger partial charge in [0.15, 0.2) is 0 Å². The zero-order valence-corrected chi connectivity index (χ0v) is 23.5. The fourth-order valence-electron chi connectivity index (χ4n) is 3.19. The van der Waals surface area contributed by atoms with Gasteiger partial charge in [-0.2, -0.15) is 0 Å². The van der Waals surface area contributed by atoms with Crippen molar-refractivity contribution >= 4 is 6.29 Å². The summed E-state index contributed by atoms with van der Waals surface area (Å²) < 4.78 is 0. The van der Waals surface area contributed by atoms with Gasteiger partial charge in [0, 0.05) is 5.56 Å². The fraction of sp³-hybridized carbons (Fsp3) is 0.364. The molecule has 0 spiro atoms. The first-order chi connectivity index (χ1) is 17.5. The van der Waals surface area contributed by atoms with E-state index in [1.54, 1.807) is 12.1 Å². The molecule has 0 aliphatic carbocycles. The lowest BCUT2D eigenvalue weighted by Gasteiger charge is -2.10. The van der Waals surface area contributed by atoms with Gasteiger partial charge >= 0.3 is 0 Å². The molecule has 0 atom stereocenters. The minimum absolute atomic E-state index is 0.181. The number of aromatic hydroxyl groups is 1. The van der Waals surface area contributed by atoms with Gasteiger partial charge in [0.25, 0.3) is 0 Å². The van der Waals surface area contributed by atoms with Gasteiger partial charge in [-0.1, -0.05) is 101 Å². The monoisotopic (exact) mass is 491 g/mol. The zero-order chi connectivity index (χ0) is 27.6. The largest absolute Gasteiger partial charge is 0.508 e. The maximum absolute atomic E-state index is 10.0. The van der Waals surface area contributed by atoms with E-state index in [1.165, 1.54) is 61.1 Å². The molecule has 0 saturated carbocycles. The van der Waals surface area contributed by atoms with Crippen LogP contribution in [0.3, 0.4) is 0 Å². The number of phenolic OH excluding ortho intramolecular Hbond substituents is 1. The molecule has 0 fully saturated rings. The number of aryl methyl sites for hydroxylation is 1. The first-order valence-electron chi connectivity index (χ1n) is 13.0. The summed E-state index contributed by atoms with van der Waals surface area (Å²) in [7, 11) is 2.02. The van der Waals surface area contributed by atoms with E-state index in [9.17, 15) is 4.79 Å². The maximum atomic E-state index is 10.0. The van der Waals surface area contributed by atoms with E-state index in [-0.39, 0.29) is 5.75 Å². The van der Waals surface area contributed by atoms with Gasteiger partial charge in [0.05, 0.1) is 0 Å². The number of carbonyl (C=O) groups excluding carboxylic acids is 1. The van der Waals surface area contributed by atoms with Crippen molar-refractivity contribution in [2.45, 2.75) is 60.3 Å². The van der Waals surface area contributed by atoms with Crippen LogP contribution in [0, 0.1) is 12.8 Å². The number of carbonyl (C=O) groups is 1. The molecule has 36 heavy (non-hydrogen) atoms. The van der Waals surface area contributed by atoms with E-state index >= 15 is 0 Å². The number of rotatable bonds is 8. The average molecular weight is 492 g/mol. The Morgan fingerprint density at radius 2 is 1.33 bits per heavy atom. The SMILES string of the molecule is C=C.CC.CCC(CC)CCCNC.Cc1ccc(-c2ccccc2)cc1.O=Cc1ccc(O)cc1. The molecule has 2 N–H and O–H groups in total. The Morgan fingerprint density at radius 1 is 0.833 bits per heavy atom. The highest BCUT2D eigenvalue weighted by Gasteiger charge is 2.01. The second-order valence-corrected chi connectivity index (χ2v) is 7.87.